The van der Waals surface area contributed by atoms with Crippen LogP contribution in [0.15, 0.2) is 18.2 Å². The number of hydrogen-bond donors (Lipinski definition) is 2. The number of anilines is 1. The molecule has 1 aromatic carbocycles. The van der Waals surface area contributed by atoms with E-state index in [9.17, 15) is 28.0 Å². The van der Waals surface area contributed by atoms with Gasteiger partial charge in [0.25, 0.3) is 5.91 Å². The fourth-order valence-electron chi connectivity index (χ4n) is 5.66. The van der Waals surface area contributed by atoms with Gasteiger partial charge < -0.3 is 4.74 Å². The summed E-state index contributed by atoms with van der Waals surface area (Å²) in [6.07, 6.45) is -3.25. The van der Waals surface area contributed by atoms with Gasteiger partial charge in [0.05, 0.1) is 5.02 Å². The maximum absolute atomic E-state index is 13.8. The number of alkyl halides is 3. The SMILES string of the molecule is CC(C)[Si](C#CC(=O)N(c1ccc(OC(F)(F)F)c(Cl)c1)C1(C(=O)NO)CCCC1)(C(C)C)C(C)C. The van der Waals surface area contributed by atoms with Crippen LogP contribution in [0.2, 0.25) is 21.6 Å². The number of amides is 2. The highest BCUT2D eigenvalue weighted by atomic mass is 35.5. The lowest BCUT2D eigenvalue weighted by atomic mass is 9.92. The van der Waals surface area contributed by atoms with Crippen LogP contribution in [-0.2, 0) is 9.59 Å². The minimum absolute atomic E-state index is 0.0882. The second-order valence-corrected chi connectivity index (χ2v) is 16.1. The van der Waals surface area contributed by atoms with Crippen LogP contribution in [0.3, 0.4) is 0 Å². The normalized spacial score (nSPS) is 15.6. The molecule has 0 unspecified atom stereocenters. The lowest BCUT2D eigenvalue weighted by Gasteiger charge is -2.39. The topological polar surface area (TPSA) is 78.9 Å². The van der Waals surface area contributed by atoms with Crippen molar-refractivity contribution in [1.82, 2.24) is 5.48 Å². The van der Waals surface area contributed by atoms with Gasteiger partial charge in [-0.15, -0.1) is 18.7 Å². The van der Waals surface area contributed by atoms with Gasteiger partial charge in [-0.25, -0.2) is 5.48 Å². The summed E-state index contributed by atoms with van der Waals surface area (Å²) in [6.45, 7) is 12.6. The standard InChI is InChI=1S/C25H34ClF3N2O4Si/c1-16(2)36(17(3)4,18(5)6)14-11-22(32)31(24(23(33)30-34)12-7-8-13-24)19-9-10-21(20(26)15-19)35-25(27,28)29/h9-10,15-18,34H,7-8,12-13H2,1-6H3,(H,30,33). The summed E-state index contributed by atoms with van der Waals surface area (Å²) in [4.78, 5) is 27.8. The van der Waals surface area contributed by atoms with Gasteiger partial charge in [0.15, 0.2) is 0 Å². The van der Waals surface area contributed by atoms with E-state index in [4.69, 9.17) is 11.6 Å². The maximum Gasteiger partial charge on any atom is 0.573 e. The van der Waals surface area contributed by atoms with Gasteiger partial charge in [0.2, 0.25) is 0 Å². The summed E-state index contributed by atoms with van der Waals surface area (Å²) in [7, 11) is -2.31. The number of rotatable bonds is 7. The molecule has 1 saturated carbocycles. The molecule has 6 nitrogen and oxygen atoms in total. The molecule has 0 radical (unpaired) electrons. The molecular formula is C25H34ClF3N2O4Si. The molecule has 0 bridgehead atoms. The Hall–Kier alpha value is -2.22. The van der Waals surface area contributed by atoms with E-state index in [-0.39, 0.29) is 40.2 Å². The maximum atomic E-state index is 13.8. The number of nitrogens with zero attached hydrogens (tertiary/aromatic N) is 1. The van der Waals surface area contributed by atoms with Crippen molar-refractivity contribution in [2.75, 3.05) is 4.90 Å². The molecule has 2 rings (SSSR count). The molecule has 0 aromatic heterocycles. The first kappa shape index (κ1) is 30.0. The highest BCUT2D eigenvalue weighted by molar-refractivity contribution is 6.90. The lowest BCUT2D eigenvalue weighted by Crippen LogP contribution is -2.59. The fourth-order valence-corrected chi connectivity index (χ4v) is 11.1. The minimum Gasteiger partial charge on any atom is -0.404 e. The van der Waals surface area contributed by atoms with Crippen molar-refractivity contribution in [3.8, 4) is 17.2 Å². The number of hydrogen-bond acceptors (Lipinski definition) is 4. The van der Waals surface area contributed by atoms with Gasteiger partial charge in [0, 0.05) is 5.69 Å². The molecule has 0 heterocycles. The molecule has 200 valence electrons. The van der Waals surface area contributed by atoms with Crippen LogP contribution in [0.1, 0.15) is 67.2 Å². The van der Waals surface area contributed by atoms with E-state index in [2.05, 4.69) is 57.7 Å². The van der Waals surface area contributed by atoms with Crippen LogP contribution in [0.5, 0.6) is 5.75 Å². The predicted molar refractivity (Wildman–Crippen MR) is 136 cm³/mol. The van der Waals surface area contributed by atoms with Crippen molar-refractivity contribution >= 4 is 37.2 Å². The number of hydroxylamine groups is 1. The monoisotopic (exact) mass is 546 g/mol. The summed E-state index contributed by atoms with van der Waals surface area (Å²) in [6, 6.07) is 3.37. The zero-order valence-electron chi connectivity index (χ0n) is 21.4. The number of nitrogens with one attached hydrogen (secondary N) is 1. The van der Waals surface area contributed by atoms with Crippen LogP contribution in [-0.4, -0.2) is 37.0 Å². The molecule has 1 aliphatic rings. The minimum atomic E-state index is -4.95. The van der Waals surface area contributed by atoms with Gasteiger partial charge in [-0.1, -0.05) is 66.0 Å². The van der Waals surface area contributed by atoms with Crippen molar-refractivity contribution in [2.45, 2.75) is 95.8 Å². The van der Waals surface area contributed by atoms with Crippen molar-refractivity contribution in [1.29, 1.82) is 0 Å². The Morgan fingerprint density at radius 2 is 1.64 bits per heavy atom. The van der Waals surface area contributed by atoms with E-state index in [1.54, 1.807) is 5.48 Å². The van der Waals surface area contributed by atoms with Crippen LogP contribution >= 0.6 is 11.6 Å². The first-order valence-electron chi connectivity index (χ1n) is 12.0. The Morgan fingerprint density at radius 1 is 1.11 bits per heavy atom. The quantitative estimate of drug-likeness (QED) is 0.174. The van der Waals surface area contributed by atoms with Crippen LogP contribution in [0.25, 0.3) is 0 Å². The number of benzene rings is 1. The molecule has 0 saturated heterocycles. The van der Waals surface area contributed by atoms with Gasteiger partial charge in [-0.2, -0.15) is 0 Å². The average Bonchev–Trinajstić information content (AvgIpc) is 3.24. The van der Waals surface area contributed by atoms with Gasteiger partial charge >= 0.3 is 12.3 Å². The Bertz CT molecular complexity index is 1010. The second-order valence-electron chi connectivity index (χ2n) is 10.1. The van der Waals surface area contributed by atoms with E-state index in [0.717, 1.165) is 12.1 Å². The van der Waals surface area contributed by atoms with Crippen LogP contribution < -0.4 is 15.1 Å². The molecular weight excluding hydrogens is 513 g/mol. The van der Waals surface area contributed by atoms with Crippen molar-refractivity contribution in [2.24, 2.45) is 0 Å². The Kier molecular flexibility index (Phi) is 9.54. The van der Waals surface area contributed by atoms with Gasteiger partial charge in [0.1, 0.15) is 19.4 Å². The van der Waals surface area contributed by atoms with Crippen molar-refractivity contribution in [3.05, 3.63) is 23.2 Å². The molecule has 1 fully saturated rings. The highest BCUT2D eigenvalue weighted by Crippen LogP contribution is 2.43. The molecule has 0 spiro atoms. The summed E-state index contributed by atoms with van der Waals surface area (Å²) < 4.78 is 42.1. The molecule has 2 N–H and O–H groups in total. The third kappa shape index (κ3) is 6.01. The number of carbonyl (C=O) groups is 2. The number of halogens is 4. The van der Waals surface area contributed by atoms with E-state index >= 15 is 0 Å². The van der Waals surface area contributed by atoms with E-state index in [1.807, 2.05) is 0 Å². The molecule has 36 heavy (non-hydrogen) atoms. The molecule has 1 aromatic rings. The zero-order valence-corrected chi connectivity index (χ0v) is 23.2. The molecule has 2 amide bonds. The average molecular weight is 547 g/mol. The summed E-state index contributed by atoms with van der Waals surface area (Å²) in [5.74, 6) is 0.697. The molecule has 0 aliphatic heterocycles. The van der Waals surface area contributed by atoms with Crippen LogP contribution in [0, 0.1) is 11.5 Å². The summed E-state index contributed by atoms with van der Waals surface area (Å²) >= 11 is 6.08. The smallest absolute Gasteiger partial charge is 0.404 e. The molecule has 1 aliphatic carbocycles. The van der Waals surface area contributed by atoms with E-state index in [1.165, 1.54) is 11.0 Å². The van der Waals surface area contributed by atoms with Crippen molar-refractivity contribution in [3.63, 3.8) is 0 Å². The predicted octanol–water partition coefficient (Wildman–Crippen LogP) is 6.61. The van der Waals surface area contributed by atoms with E-state index in [0.29, 0.717) is 12.8 Å². The molecule has 0 atom stereocenters. The Morgan fingerprint density at radius 3 is 2.06 bits per heavy atom. The third-order valence-corrected chi connectivity index (χ3v) is 13.8. The van der Waals surface area contributed by atoms with Gasteiger partial charge in [-0.3, -0.25) is 19.7 Å². The van der Waals surface area contributed by atoms with Gasteiger partial charge in [-0.05, 0) is 53.6 Å². The summed E-state index contributed by atoms with van der Waals surface area (Å²) in [5.41, 5.74) is 4.37. The van der Waals surface area contributed by atoms with E-state index < -0.39 is 37.5 Å². The zero-order chi connectivity index (χ0) is 27.5. The largest absolute Gasteiger partial charge is 0.573 e. The third-order valence-electron chi connectivity index (χ3n) is 7.24. The fraction of sp³-hybridized carbons (Fsp3) is 0.600. The first-order chi connectivity index (χ1) is 16.6. The summed E-state index contributed by atoms with van der Waals surface area (Å²) in [5, 5.41) is 9.12. The van der Waals surface area contributed by atoms with Crippen molar-refractivity contribution < 1.29 is 32.7 Å². The molecule has 11 heteroatoms. The number of ether oxygens (including phenoxy) is 1. The van der Waals surface area contributed by atoms with Crippen LogP contribution in [0.4, 0.5) is 18.9 Å². The second kappa shape index (κ2) is 11.4. The Labute approximate surface area is 216 Å². The number of carbonyl (C=O) groups excluding carboxylic acids is 2. The highest BCUT2D eigenvalue weighted by Gasteiger charge is 2.50. The Balaban J connectivity index is 2.69. The first-order valence-corrected chi connectivity index (χ1v) is 14.6. The lowest BCUT2D eigenvalue weighted by molar-refractivity contribution is -0.274.